The lowest BCUT2D eigenvalue weighted by Gasteiger charge is -2.22. The summed E-state index contributed by atoms with van der Waals surface area (Å²) in [7, 11) is 0. The maximum absolute atomic E-state index is 14.3. The lowest BCUT2D eigenvalue weighted by molar-refractivity contribution is -0.386. The minimum atomic E-state index is -1.68. The number of carbonyl (C=O) groups is 1. The molecule has 0 saturated heterocycles. The molecule has 2 N–H and O–H groups in total. The van der Waals surface area contributed by atoms with Crippen LogP contribution in [-0.2, 0) is 6.42 Å². The van der Waals surface area contributed by atoms with Crippen LogP contribution >= 0.6 is 11.6 Å². The van der Waals surface area contributed by atoms with Crippen molar-refractivity contribution in [3.63, 3.8) is 0 Å². The summed E-state index contributed by atoms with van der Waals surface area (Å²) in [6, 6.07) is 1.76. The fourth-order valence-electron chi connectivity index (χ4n) is 2.74. The predicted molar refractivity (Wildman–Crippen MR) is 101 cm³/mol. The molecule has 0 aliphatic rings. The van der Waals surface area contributed by atoms with Gasteiger partial charge in [0.2, 0.25) is 5.82 Å². The van der Waals surface area contributed by atoms with Crippen molar-refractivity contribution in [3.05, 3.63) is 61.4 Å². The van der Waals surface area contributed by atoms with Gasteiger partial charge in [-0.2, -0.15) is 4.39 Å². The minimum Gasteiger partial charge on any atom is -0.477 e. The number of hydrogen-bond donors (Lipinski definition) is 2. The number of carboxylic acid groups (broad SMARTS) is 1. The van der Waals surface area contributed by atoms with E-state index in [-0.39, 0.29) is 18.6 Å². The molecular weight excluding hydrogens is 431 g/mol. The van der Waals surface area contributed by atoms with Crippen molar-refractivity contribution in [2.75, 3.05) is 6.61 Å². The van der Waals surface area contributed by atoms with Crippen LogP contribution in [-0.4, -0.2) is 27.7 Å². The molecule has 2 rings (SSSR count). The molecule has 30 heavy (non-hydrogen) atoms. The molecule has 0 fully saturated rings. The number of nitro groups is 1. The number of carboxylic acids is 1. The van der Waals surface area contributed by atoms with Crippen LogP contribution in [0, 0.1) is 39.9 Å². The number of benzene rings is 2. The zero-order valence-electron chi connectivity index (χ0n) is 16.1. The van der Waals surface area contributed by atoms with Gasteiger partial charge in [-0.05, 0) is 24.8 Å². The number of aliphatic hydroxyl groups is 1. The van der Waals surface area contributed by atoms with Crippen LogP contribution < -0.4 is 4.74 Å². The molecule has 0 aliphatic carbocycles. The first kappa shape index (κ1) is 23.4. The number of aromatic carboxylic acids is 1. The van der Waals surface area contributed by atoms with Gasteiger partial charge >= 0.3 is 5.97 Å². The van der Waals surface area contributed by atoms with Crippen molar-refractivity contribution >= 4 is 23.3 Å². The van der Waals surface area contributed by atoms with E-state index in [4.69, 9.17) is 16.3 Å². The molecule has 0 heterocycles. The lowest BCUT2D eigenvalue weighted by atomic mass is 9.85. The maximum atomic E-state index is 14.3. The molecule has 2 aromatic rings. The van der Waals surface area contributed by atoms with Gasteiger partial charge in [-0.15, -0.1) is 0 Å². The largest absolute Gasteiger partial charge is 0.477 e. The predicted octanol–water partition coefficient (Wildman–Crippen LogP) is 5.03. The third-order valence-electron chi connectivity index (χ3n) is 4.33. The Morgan fingerprint density at radius 3 is 2.33 bits per heavy atom. The first-order valence-corrected chi connectivity index (χ1v) is 8.84. The zero-order valence-corrected chi connectivity index (χ0v) is 16.8. The Morgan fingerprint density at radius 1 is 1.23 bits per heavy atom. The summed E-state index contributed by atoms with van der Waals surface area (Å²) in [5, 5.41) is 29.5. The molecular formula is C19H17ClF3NO6. The zero-order chi connectivity index (χ0) is 23.0. The van der Waals surface area contributed by atoms with Crippen LogP contribution in [0.5, 0.6) is 11.5 Å². The van der Waals surface area contributed by atoms with Crippen LogP contribution in [0.1, 0.15) is 35.3 Å². The Morgan fingerprint density at radius 2 is 1.83 bits per heavy atom. The molecule has 0 radical (unpaired) electrons. The highest BCUT2D eigenvalue weighted by Crippen LogP contribution is 2.40. The van der Waals surface area contributed by atoms with Crippen LogP contribution in [0.25, 0.3) is 0 Å². The molecule has 0 saturated carbocycles. The summed E-state index contributed by atoms with van der Waals surface area (Å²) < 4.78 is 47.3. The summed E-state index contributed by atoms with van der Waals surface area (Å²) in [5.74, 6) is -7.57. The van der Waals surface area contributed by atoms with Crippen LogP contribution in [0.3, 0.4) is 0 Å². The average Bonchev–Trinajstić information content (AvgIpc) is 2.67. The van der Waals surface area contributed by atoms with Crippen molar-refractivity contribution in [2.24, 2.45) is 5.41 Å². The fourth-order valence-corrected chi connectivity index (χ4v) is 3.00. The van der Waals surface area contributed by atoms with Crippen molar-refractivity contribution in [3.8, 4) is 11.5 Å². The van der Waals surface area contributed by atoms with Crippen molar-refractivity contribution < 1.29 is 37.8 Å². The van der Waals surface area contributed by atoms with E-state index in [2.05, 4.69) is 0 Å². The molecule has 11 heteroatoms. The van der Waals surface area contributed by atoms with Crippen molar-refractivity contribution in [1.82, 2.24) is 0 Å². The second kappa shape index (κ2) is 8.49. The lowest BCUT2D eigenvalue weighted by Crippen LogP contribution is -2.21. The molecule has 162 valence electrons. The van der Waals surface area contributed by atoms with E-state index in [1.165, 1.54) is 0 Å². The molecule has 0 aliphatic heterocycles. The van der Waals surface area contributed by atoms with E-state index in [0.29, 0.717) is 0 Å². The Bertz CT molecular complexity index is 1010. The van der Waals surface area contributed by atoms with Gasteiger partial charge in [0, 0.05) is 23.8 Å². The van der Waals surface area contributed by atoms with E-state index >= 15 is 0 Å². The van der Waals surface area contributed by atoms with Gasteiger partial charge in [0.1, 0.15) is 16.3 Å². The van der Waals surface area contributed by atoms with Gasteiger partial charge in [0.05, 0.1) is 4.92 Å². The summed E-state index contributed by atoms with van der Waals surface area (Å²) in [5.41, 5.74) is -3.23. The number of nitro benzene ring substituents is 1. The smallest absolute Gasteiger partial charge is 0.342 e. The summed E-state index contributed by atoms with van der Waals surface area (Å²) in [6.07, 6.45) is -0.149. The Kier molecular flexibility index (Phi) is 6.63. The summed E-state index contributed by atoms with van der Waals surface area (Å²) >= 11 is 5.71. The summed E-state index contributed by atoms with van der Waals surface area (Å²) in [4.78, 5) is 22.2. The van der Waals surface area contributed by atoms with Crippen LogP contribution in [0.2, 0.25) is 5.02 Å². The Balaban J connectivity index is 2.72. The number of aliphatic hydroxyl groups excluding tert-OH is 1. The average molecular weight is 448 g/mol. The first-order chi connectivity index (χ1) is 13.8. The minimum absolute atomic E-state index is 0.140. The number of nitrogens with zero attached hydrogens (tertiary/aromatic N) is 1. The van der Waals surface area contributed by atoms with Crippen molar-refractivity contribution in [2.45, 2.75) is 27.2 Å². The molecule has 0 bridgehead atoms. The molecule has 7 nitrogen and oxygen atoms in total. The maximum Gasteiger partial charge on any atom is 0.342 e. The number of halogens is 4. The standard InChI is InChI=1S/C19H17ClF3NO6/c1-8-13(21)12(20)17(15(23)14(8)22)30-10-4-9(6-19(2,3)7-25)16(24(28)29)11(5-10)18(26)27/h4-5,25H,6-7H2,1-3H3,(H,26,27). The summed E-state index contributed by atoms with van der Waals surface area (Å²) in [6.45, 7) is 3.73. The van der Waals surface area contributed by atoms with Gasteiger partial charge < -0.3 is 14.9 Å². The van der Waals surface area contributed by atoms with Gasteiger partial charge in [-0.3, -0.25) is 10.1 Å². The Labute approximate surface area is 173 Å². The molecule has 0 spiro atoms. The third-order valence-corrected chi connectivity index (χ3v) is 4.67. The topological polar surface area (TPSA) is 110 Å². The highest BCUT2D eigenvalue weighted by Gasteiger charge is 2.31. The number of rotatable bonds is 7. The Hall–Kier alpha value is -2.85. The quantitative estimate of drug-likeness (QED) is 0.350. The normalized spacial score (nSPS) is 11.5. The second-order valence-electron chi connectivity index (χ2n) is 7.35. The van der Waals surface area contributed by atoms with E-state index < -0.39 is 67.1 Å². The molecule has 0 atom stereocenters. The SMILES string of the molecule is Cc1c(F)c(F)c(Oc2cc(CC(C)(C)CO)c([N+](=O)[O-])c(C(=O)O)c2)c(Cl)c1F. The van der Waals surface area contributed by atoms with Crippen LogP contribution in [0.4, 0.5) is 18.9 Å². The van der Waals surface area contributed by atoms with Crippen LogP contribution in [0.15, 0.2) is 12.1 Å². The fraction of sp³-hybridized carbons (Fsp3) is 0.316. The monoisotopic (exact) mass is 447 g/mol. The third kappa shape index (κ3) is 4.49. The highest BCUT2D eigenvalue weighted by molar-refractivity contribution is 6.32. The van der Waals surface area contributed by atoms with Gasteiger partial charge in [0.15, 0.2) is 17.4 Å². The van der Waals surface area contributed by atoms with Gasteiger partial charge in [-0.25, -0.2) is 13.6 Å². The van der Waals surface area contributed by atoms with Crippen molar-refractivity contribution in [1.29, 1.82) is 0 Å². The molecule has 0 amide bonds. The first-order valence-electron chi connectivity index (χ1n) is 8.46. The second-order valence-corrected chi connectivity index (χ2v) is 7.73. The van der Waals surface area contributed by atoms with E-state index in [1.807, 2.05) is 0 Å². The molecule has 0 aromatic heterocycles. The molecule has 2 aromatic carbocycles. The molecule has 0 unspecified atom stereocenters. The number of hydrogen-bond acceptors (Lipinski definition) is 5. The van der Waals surface area contributed by atoms with Gasteiger partial charge in [0.25, 0.3) is 5.69 Å². The van der Waals surface area contributed by atoms with E-state index in [0.717, 1.165) is 19.1 Å². The van der Waals surface area contributed by atoms with Gasteiger partial charge in [-0.1, -0.05) is 25.4 Å². The number of ether oxygens (including phenoxy) is 1. The highest BCUT2D eigenvalue weighted by atomic mass is 35.5. The van der Waals surface area contributed by atoms with E-state index in [9.17, 15) is 38.3 Å². The van der Waals surface area contributed by atoms with E-state index in [1.54, 1.807) is 13.8 Å².